The summed E-state index contributed by atoms with van der Waals surface area (Å²) in [5.41, 5.74) is 0.403. The number of ketones is 1. The van der Waals surface area contributed by atoms with Crippen LogP contribution in [-0.2, 0) is 0 Å². The third-order valence-electron chi connectivity index (χ3n) is 3.78. The number of ether oxygens (including phenoxy) is 2. The number of fused-ring (bicyclic) bond motifs is 1. The molecule has 0 amide bonds. The number of hydrogen-bond acceptors (Lipinski definition) is 5. The van der Waals surface area contributed by atoms with Crippen molar-refractivity contribution in [3.05, 3.63) is 68.7 Å². The first kappa shape index (κ1) is 16.5. The Balaban J connectivity index is 2.17. The van der Waals surface area contributed by atoms with E-state index >= 15 is 0 Å². The zero-order valence-electron chi connectivity index (χ0n) is 12.4. The van der Waals surface area contributed by atoms with Gasteiger partial charge in [-0.15, -0.1) is 0 Å². The maximum Gasteiger partial charge on any atom is 0.397 e. The van der Waals surface area contributed by atoms with Crippen molar-refractivity contribution >= 4 is 29.0 Å². The van der Waals surface area contributed by atoms with Gasteiger partial charge in [0.05, 0.1) is 17.6 Å². The lowest BCUT2D eigenvalue weighted by Gasteiger charge is -2.32. The molecule has 3 rings (SSSR count). The van der Waals surface area contributed by atoms with Gasteiger partial charge in [-0.05, 0) is 35.9 Å². The van der Waals surface area contributed by atoms with Crippen molar-refractivity contribution in [1.82, 2.24) is 0 Å². The Morgan fingerprint density at radius 2 is 1.92 bits per heavy atom. The summed E-state index contributed by atoms with van der Waals surface area (Å²) in [6, 6.07) is 10.6. The number of halogens is 2. The monoisotopic (exact) mass is 367 g/mol. The molecule has 1 aliphatic rings. The number of nitro groups is 1. The first-order chi connectivity index (χ1) is 11.4. The van der Waals surface area contributed by atoms with Gasteiger partial charge in [0.2, 0.25) is 6.10 Å². The van der Waals surface area contributed by atoms with E-state index in [0.717, 1.165) is 0 Å². The highest BCUT2D eigenvalue weighted by atomic mass is 35.5. The van der Waals surface area contributed by atoms with Crippen molar-refractivity contribution in [2.75, 3.05) is 7.11 Å². The smallest absolute Gasteiger partial charge is 0.397 e. The third-order valence-corrected chi connectivity index (χ3v) is 4.54. The molecule has 2 aromatic rings. The number of rotatable bonds is 3. The topological polar surface area (TPSA) is 78.7 Å². The minimum absolute atomic E-state index is 0.0349. The number of alkyl halides is 1. The van der Waals surface area contributed by atoms with E-state index in [2.05, 4.69) is 0 Å². The lowest BCUT2D eigenvalue weighted by molar-refractivity contribution is -0.536. The maximum absolute atomic E-state index is 12.7. The van der Waals surface area contributed by atoms with E-state index in [4.69, 9.17) is 32.7 Å². The second-order valence-electron chi connectivity index (χ2n) is 5.17. The summed E-state index contributed by atoms with van der Waals surface area (Å²) in [6.07, 6.45) is -1.31. The van der Waals surface area contributed by atoms with Gasteiger partial charge in [0.25, 0.3) is 5.78 Å². The van der Waals surface area contributed by atoms with Crippen LogP contribution in [0.4, 0.5) is 0 Å². The van der Waals surface area contributed by atoms with Crippen molar-refractivity contribution < 1.29 is 19.2 Å². The molecule has 0 saturated carbocycles. The first-order valence-corrected chi connectivity index (χ1v) is 7.62. The fourth-order valence-corrected chi connectivity index (χ4v) is 2.93. The van der Waals surface area contributed by atoms with Crippen molar-refractivity contribution in [3.63, 3.8) is 0 Å². The molecule has 1 aliphatic heterocycles. The molecule has 6 nitrogen and oxygen atoms in total. The summed E-state index contributed by atoms with van der Waals surface area (Å²) in [6.45, 7) is 0. The zero-order valence-corrected chi connectivity index (χ0v) is 13.9. The minimum atomic E-state index is -2.46. The second-order valence-corrected chi connectivity index (χ2v) is 6.18. The predicted octanol–water partition coefficient (Wildman–Crippen LogP) is 3.88. The van der Waals surface area contributed by atoms with Crippen molar-refractivity contribution in [3.8, 4) is 11.5 Å². The predicted molar refractivity (Wildman–Crippen MR) is 87.7 cm³/mol. The molecular weight excluding hydrogens is 357 g/mol. The van der Waals surface area contributed by atoms with E-state index < -0.39 is 21.8 Å². The fraction of sp³-hybridized carbons (Fsp3) is 0.188. The molecule has 0 N–H and O–H groups in total. The van der Waals surface area contributed by atoms with Crippen LogP contribution in [0.3, 0.4) is 0 Å². The summed E-state index contributed by atoms with van der Waals surface area (Å²) in [5.74, 6) is -0.199. The van der Waals surface area contributed by atoms with Crippen molar-refractivity contribution in [1.29, 1.82) is 0 Å². The van der Waals surface area contributed by atoms with Gasteiger partial charge in [-0.25, -0.2) is 0 Å². The summed E-state index contributed by atoms with van der Waals surface area (Å²) >= 11 is 12.0. The van der Waals surface area contributed by atoms with Crippen LogP contribution in [0, 0.1) is 10.1 Å². The Morgan fingerprint density at radius 1 is 1.25 bits per heavy atom. The Labute approximate surface area is 147 Å². The summed E-state index contributed by atoms with van der Waals surface area (Å²) in [7, 11) is 1.46. The van der Waals surface area contributed by atoms with Crippen molar-refractivity contribution in [2.24, 2.45) is 0 Å². The van der Waals surface area contributed by atoms with Crippen LogP contribution < -0.4 is 9.47 Å². The fourth-order valence-electron chi connectivity index (χ4n) is 2.53. The Kier molecular flexibility index (Phi) is 4.11. The molecule has 8 heteroatoms. The van der Waals surface area contributed by atoms with Crippen LogP contribution in [0.15, 0.2) is 42.5 Å². The molecule has 0 aromatic heterocycles. The number of nitrogens with zero attached hydrogens (tertiary/aromatic N) is 1. The highest BCUT2D eigenvalue weighted by Gasteiger charge is 2.62. The first-order valence-electron chi connectivity index (χ1n) is 6.86. The zero-order chi connectivity index (χ0) is 17.5. The number of hydrogen-bond donors (Lipinski definition) is 0. The molecule has 0 spiro atoms. The molecule has 1 heterocycles. The SMILES string of the molecule is COc1ccc2c(c1)OC(c1ccc(Cl)cc1)C(Cl)([N+](=O)[O-])C2=O. The van der Waals surface area contributed by atoms with E-state index in [1.807, 2.05) is 0 Å². The number of benzene rings is 2. The molecule has 0 fully saturated rings. The Hall–Kier alpha value is -2.31. The van der Waals surface area contributed by atoms with Crippen LogP contribution in [0.25, 0.3) is 0 Å². The summed E-state index contributed by atoms with van der Waals surface area (Å²) < 4.78 is 10.8. The van der Waals surface area contributed by atoms with Crippen LogP contribution >= 0.6 is 23.2 Å². The van der Waals surface area contributed by atoms with Gasteiger partial charge in [0.15, 0.2) is 0 Å². The molecule has 0 aliphatic carbocycles. The number of methoxy groups -OCH3 is 1. The van der Waals surface area contributed by atoms with Gasteiger partial charge >= 0.3 is 5.00 Å². The molecule has 124 valence electrons. The van der Waals surface area contributed by atoms with E-state index in [1.54, 1.807) is 12.1 Å². The average molecular weight is 368 g/mol. The Morgan fingerprint density at radius 3 is 2.50 bits per heavy atom. The average Bonchev–Trinajstić information content (AvgIpc) is 2.58. The quantitative estimate of drug-likeness (QED) is 0.356. The lowest BCUT2D eigenvalue weighted by Crippen LogP contribution is -2.51. The van der Waals surface area contributed by atoms with Crippen LogP contribution in [0.2, 0.25) is 5.02 Å². The van der Waals surface area contributed by atoms with E-state index in [9.17, 15) is 14.9 Å². The second kappa shape index (κ2) is 5.96. The minimum Gasteiger partial charge on any atom is -0.497 e. The van der Waals surface area contributed by atoms with Gasteiger partial charge in [0.1, 0.15) is 11.5 Å². The number of carbonyl (C=O) groups is 1. The number of Topliss-reactive ketones (excluding diaryl/α,β-unsaturated/α-hetero) is 1. The standard InChI is InChI=1S/C16H11Cl2NO5/c1-23-11-6-7-12-13(8-11)24-15(9-2-4-10(17)5-3-9)16(18,14(12)20)19(21)22/h2-8,15H,1H3. The summed E-state index contributed by atoms with van der Waals surface area (Å²) in [4.78, 5) is 21.0. The van der Waals surface area contributed by atoms with Gasteiger partial charge in [-0.3, -0.25) is 14.9 Å². The summed E-state index contributed by atoms with van der Waals surface area (Å²) in [5, 5.41) is 12.0. The van der Waals surface area contributed by atoms with Gasteiger partial charge < -0.3 is 9.47 Å². The van der Waals surface area contributed by atoms with E-state index in [0.29, 0.717) is 16.3 Å². The number of carbonyl (C=O) groups excluding carboxylic acids is 1. The largest absolute Gasteiger partial charge is 0.497 e. The molecule has 0 bridgehead atoms. The molecule has 0 radical (unpaired) electrons. The van der Waals surface area contributed by atoms with Gasteiger partial charge in [0, 0.05) is 16.7 Å². The van der Waals surface area contributed by atoms with E-state index in [-0.39, 0.29) is 11.3 Å². The highest BCUT2D eigenvalue weighted by Crippen LogP contribution is 2.46. The Bertz CT molecular complexity index is 824. The lowest BCUT2D eigenvalue weighted by atomic mass is 9.91. The molecule has 2 unspecified atom stereocenters. The molecular formula is C16H11Cl2NO5. The van der Waals surface area contributed by atoms with Gasteiger partial charge in [-0.2, -0.15) is 0 Å². The van der Waals surface area contributed by atoms with Crippen molar-refractivity contribution in [2.45, 2.75) is 11.1 Å². The molecule has 2 aromatic carbocycles. The van der Waals surface area contributed by atoms with Crippen LogP contribution in [0.1, 0.15) is 22.0 Å². The third kappa shape index (κ3) is 2.48. The van der Waals surface area contributed by atoms with Crippen LogP contribution in [-0.4, -0.2) is 22.8 Å². The normalized spacial score (nSPS) is 22.5. The molecule has 0 saturated heterocycles. The molecule has 24 heavy (non-hydrogen) atoms. The van der Waals surface area contributed by atoms with Gasteiger partial charge in [-0.1, -0.05) is 23.7 Å². The maximum atomic E-state index is 12.7. The van der Waals surface area contributed by atoms with Crippen LogP contribution in [0.5, 0.6) is 11.5 Å². The molecule has 2 atom stereocenters. The highest BCUT2D eigenvalue weighted by molar-refractivity contribution is 6.37. The van der Waals surface area contributed by atoms with E-state index in [1.165, 1.54) is 37.4 Å².